The average molecular weight is 331 g/mol. The van der Waals surface area contributed by atoms with E-state index in [0.717, 1.165) is 12.8 Å². The van der Waals surface area contributed by atoms with E-state index >= 15 is 0 Å². The highest BCUT2D eigenvalue weighted by Crippen LogP contribution is 2.13. The van der Waals surface area contributed by atoms with Crippen LogP contribution in [0.4, 0.5) is 0 Å². The van der Waals surface area contributed by atoms with Gasteiger partial charge < -0.3 is 4.74 Å². The van der Waals surface area contributed by atoms with E-state index in [1.165, 1.54) is 69.6 Å². The van der Waals surface area contributed by atoms with Crippen molar-refractivity contribution in [3.8, 4) is 0 Å². The monoisotopic (exact) mass is 330 g/mol. The predicted molar refractivity (Wildman–Crippen MR) is 103 cm³/mol. The van der Waals surface area contributed by atoms with Crippen molar-refractivity contribution in [2.75, 3.05) is 7.11 Å². The van der Waals surface area contributed by atoms with Crippen LogP contribution in [0.2, 0.25) is 0 Å². The van der Waals surface area contributed by atoms with Gasteiger partial charge in [-0.3, -0.25) is 4.79 Å². The Balaban J connectivity index is 2.15. The number of hydrogen-bond donors (Lipinski definition) is 0. The molecule has 24 heavy (non-hydrogen) atoms. The van der Waals surface area contributed by atoms with Gasteiger partial charge in [-0.2, -0.15) is 0 Å². The van der Waals surface area contributed by atoms with Crippen LogP contribution < -0.4 is 0 Å². The number of aryl methyl sites for hydroxylation is 1. The van der Waals surface area contributed by atoms with Crippen molar-refractivity contribution in [1.82, 2.24) is 0 Å². The Kier molecular flexibility index (Phi) is 11.8. The Labute approximate surface area is 148 Å². The van der Waals surface area contributed by atoms with Gasteiger partial charge in [-0.05, 0) is 36.8 Å². The van der Waals surface area contributed by atoms with E-state index in [2.05, 4.69) is 48.1 Å². The second-order valence-corrected chi connectivity index (χ2v) is 6.48. The van der Waals surface area contributed by atoms with Gasteiger partial charge in [0.2, 0.25) is 0 Å². The quantitative estimate of drug-likeness (QED) is 0.312. The van der Waals surface area contributed by atoms with Crippen LogP contribution >= 0.6 is 0 Å². The summed E-state index contributed by atoms with van der Waals surface area (Å²) in [5, 5.41) is 0. The predicted octanol–water partition coefficient (Wildman–Crippen LogP) is 6.34. The Morgan fingerprint density at radius 2 is 1.62 bits per heavy atom. The smallest absolute Gasteiger partial charge is 0.305 e. The Hall–Kier alpha value is -1.57. The molecule has 0 spiro atoms. The van der Waals surface area contributed by atoms with E-state index in [4.69, 9.17) is 0 Å². The molecule has 0 N–H and O–H groups in total. The second-order valence-electron chi connectivity index (χ2n) is 6.48. The maximum Gasteiger partial charge on any atom is 0.305 e. The number of ether oxygens (including phenoxy) is 1. The van der Waals surface area contributed by atoms with Crippen LogP contribution in [-0.4, -0.2) is 13.1 Å². The van der Waals surface area contributed by atoms with E-state index in [-0.39, 0.29) is 5.97 Å². The zero-order valence-corrected chi connectivity index (χ0v) is 15.6. The molecular weight excluding hydrogens is 296 g/mol. The average Bonchev–Trinajstić information content (AvgIpc) is 2.61. The molecule has 0 saturated carbocycles. The van der Waals surface area contributed by atoms with Crippen LogP contribution in [0.15, 0.2) is 30.3 Å². The first-order valence-corrected chi connectivity index (χ1v) is 9.58. The van der Waals surface area contributed by atoms with Gasteiger partial charge in [0.05, 0.1) is 7.11 Å². The minimum Gasteiger partial charge on any atom is -0.469 e. The topological polar surface area (TPSA) is 26.3 Å². The van der Waals surface area contributed by atoms with Gasteiger partial charge in [0.15, 0.2) is 0 Å². The number of methoxy groups -OCH3 is 1. The first-order chi connectivity index (χ1) is 11.8. The summed E-state index contributed by atoms with van der Waals surface area (Å²) in [7, 11) is 1.44. The number of allylic oxidation sites excluding steroid dienone is 1. The maximum atomic E-state index is 11.0. The van der Waals surface area contributed by atoms with E-state index in [0.29, 0.717) is 6.42 Å². The molecule has 2 nitrogen and oxygen atoms in total. The fourth-order valence-corrected chi connectivity index (χ4v) is 2.77. The Morgan fingerprint density at radius 1 is 0.958 bits per heavy atom. The van der Waals surface area contributed by atoms with Crippen LogP contribution in [0.1, 0.15) is 82.3 Å². The summed E-state index contributed by atoms with van der Waals surface area (Å²) in [5.74, 6) is -0.127. The lowest BCUT2D eigenvalue weighted by atomic mass is 10.0. The Bertz CT molecular complexity index is 459. The summed E-state index contributed by atoms with van der Waals surface area (Å²) >= 11 is 0. The zero-order chi connectivity index (χ0) is 17.5. The third-order valence-electron chi connectivity index (χ3n) is 4.34. The number of carbonyl (C=O) groups is 1. The van der Waals surface area contributed by atoms with Crippen LogP contribution in [-0.2, 0) is 16.0 Å². The van der Waals surface area contributed by atoms with E-state index in [9.17, 15) is 4.79 Å². The fourth-order valence-electron chi connectivity index (χ4n) is 2.77. The van der Waals surface area contributed by atoms with Crippen molar-refractivity contribution >= 4 is 12.0 Å². The highest BCUT2D eigenvalue weighted by Gasteiger charge is 1.97. The molecule has 0 saturated heterocycles. The molecule has 0 aliphatic heterocycles. The van der Waals surface area contributed by atoms with Gasteiger partial charge in [-0.25, -0.2) is 0 Å². The van der Waals surface area contributed by atoms with Crippen LogP contribution in [0.3, 0.4) is 0 Å². The van der Waals surface area contributed by atoms with Crippen molar-refractivity contribution in [3.63, 3.8) is 0 Å². The van der Waals surface area contributed by atoms with E-state index in [1.54, 1.807) is 0 Å². The zero-order valence-electron chi connectivity index (χ0n) is 15.6. The van der Waals surface area contributed by atoms with Gasteiger partial charge >= 0.3 is 5.97 Å². The van der Waals surface area contributed by atoms with Gasteiger partial charge in [0.1, 0.15) is 0 Å². The van der Waals surface area contributed by atoms with Crippen LogP contribution in [0.25, 0.3) is 6.08 Å². The molecule has 1 aromatic carbocycles. The summed E-state index contributed by atoms with van der Waals surface area (Å²) < 4.78 is 4.63. The molecule has 1 aromatic rings. The molecule has 0 aliphatic rings. The summed E-state index contributed by atoms with van der Waals surface area (Å²) in [4.78, 5) is 11.0. The first kappa shape index (κ1) is 20.5. The number of esters is 1. The molecule has 0 amide bonds. The SMILES string of the molecule is CCCCCCCCCc1ccc(/C=C/CCCC(=O)OC)cc1. The highest BCUT2D eigenvalue weighted by atomic mass is 16.5. The van der Waals surface area contributed by atoms with Crippen molar-refractivity contribution in [2.24, 2.45) is 0 Å². The van der Waals surface area contributed by atoms with Crippen LogP contribution in [0, 0.1) is 0 Å². The molecule has 0 fully saturated rings. The third-order valence-corrected chi connectivity index (χ3v) is 4.34. The largest absolute Gasteiger partial charge is 0.469 e. The van der Waals surface area contributed by atoms with Crippen molar-refractivity contribution in [2.45, 2.75) is 77.6 Å². The van der Waals surface area contributed by atoms with Crippen molar-refractivity contribution in [1.29, 1.82) is 0 Å². The summed E-state index contributed by atoms with van der Waals surface area (Å²) in [6, 6.07) is 8.86. The molecule has 0 unspecified atom stereocenters. The lowest BCUT2D eigenvalue weighted by Crippen LogP contribution is -1.98. The molecule has 2 heteroatoms. The highest BCUT2D eigenvalue weighted by molar-refractivity contribution is 5.69. The summed E-state index contributed by atoms with van der Waals surface area (Å²) in [6.07, 6.45) is 17.3. The summed E-state index contributed by atoms with van der Waals surface area (Å²) in [5.41, 5.74) is 2.67. The van der Waals surface area contributed by atoms with Crippen molar-refractivity contribution in [3.05, 3.63) is 41.5 Å². The van der Waals surface area contributed by atoms with Gasteiger partial charge in [0.25, 0.3) is 0 Å². The van der Waals surface area contributed by atoms with E-state index in [1.807, 2.05) is 0 Å². The Morgan fingerprint density at radius 3 is 2.29 bits per heavy atom. The minimum absolute atomic E-state index is 0.127. The lowest BCUT2D eigenvalue weighted by Gasteiger charge is -2.03. The standard InChI is InChI=1S/C22H34O2/c1-3-4-5-6-7-8-10-13-20-16-18-21(19-17-20)14-11-9-12-15-22(23)24-2/h11,14,16-19H,3-10,12-13,15H2,1-2H3/b14-11+. The molecule has 0 aromatic heterocycles. The molecule has 1 rings (SSSR count). The lowest BCUT2D eigenvalue weighted by molar-refractivity contribution is -0.140. The first-order valence-electron chi connectivity index (χ1n) is 9.58. The second kappa shape index (κ2) is 13.8. The number of benzene rings is 1. The molecule has 0 aliphatic carbocycles. The van der Waals surface area contributed by atoms with Gasteiger partial charge in [0, 0.05) is 6.42 Å². The fraction of sp³-hybridized carbons (Fsp3) is 0.591. The molecule has 0 bridgehead atoms. The number of hydrogen-bond acceptors (Lipinski definition) is 2. The van der Waals surface area contributed by atoms with Gasteiger partial charge in [-0.15, -0.1) is 0 Å². The summed E-state index contributed by atoms with van der Waals surface area (Å²) in [6.45, 7) is 2.27. The molecular formula is C22H34O2. The number of unbranched alkanes of at least 4 members (excludes halogenated alkanes) is 7. The van der Waals surface area contributed by atoms with Crippen LogP contribution in [0.5, 0.6) is 0 Å². The number of carbonyl (C=O) groups excluding carboxylic acids is 1. The normalized spacial score (nSPS) is 11.1. The molecule has 0 radical (unpaired) electrons. The molecule has 0 atom stereocenters. The van der Waals surface area contributed by atoms with Crippen molar-refractivity contribution < 1.29 is 9.53 Å². The van der Waals surface area contributed by atoms with Gasteiger partial charge in [-0.1, -0.05) is 81.9 Å². The minimum atomic E-state index is -0.127. The molecule has 134 valence electrons. The third kappa shape index (κ3) is 10.3. The maximum absolute atomic E-state index is 11.0. The number of rotatable bonds is 13. The van der Waals surface area contributed by atoms with E-state index < -0.39 is 0 Å². The molecule has 0 heterocycles.